The molecule has 0 saturated carbocycles. The van der Waals surface area contributed by atoms with Crippen LogP contribution in [0.25, 0.3) is 28.2 Å². The maximum atomic E-state index is 13.6. The van der Waals surface area contributed by atoms with Crippen molar-refractivity contribution in [2.45, 2.75) is 13.1 Å². The lowest BCUT2D eigenvalue weighted by atomic mass is 10.1. The van der Waals surface area contributed by atoms with Crippen molar-refractivity contribution in [3.63, 3.8) is 0 Å². The molecule has 0 aliphatic heterocycles. The molecule has 8 nitrogen and oxygen atoms in total. The topological polar surface area (TPSA) is 113 Å². The first-order valence-electron chi connectivity index (χ1n) is 7.83. The van der Waals surface area contributed by atoms with Crippen LogP contribution in [0.15, 0.2) is 39.5 Å². The molecule has 11 heteroatoms. The van der Waals surface area contributed by atoms with Crippen LogP contribution in [-0.4, -0.2) is 24.8 Å². The molecule has 0 unspecified atom stereocenters. The maximum absolute atomic E-state index is 13.6. The van der Waals surface area contributed by atoms with Crippen molar-refractivity contribution in [2.75, 3.05) is 0 Å². The number of aromatic nitrogens is 5. The van der Waals surface area contributed by atoms with Crippen LogP contribution in [0, 0.1) is 18.3 Å². The molecule has 0 amide bonds. The Morgan fingerprint density at radius 2 is 1.89 bits per heavy atom. The van der Waals surface area contributed by atoms with Gasteiger partial charge in [-0.2, -0.15) is 22.9 Å². The number of aryl methyl sites for hydroxylation is 1. The predicted molar refractivity (Wildman–Crippen MR) is 89.0 cm³/mol. The van der Waals surface area contributed by atoms with Gasteiger partial charge in [0.25, 0.3) is 11.4 Å². The van der Waals surface area contributed by atoms with Gasteiger partial charge in [-0.15, -0.1) is 5.10 Å². The zero-order chi connectivity index (χ0) is 20.1. The van der Waals surface area contributed by atoms with Crippen molar-refractivity contribution in [3.8, 4) is 28.7 Å². The number of aromatic amines is 1. The largest absolute Gasteiger partial charge is 0.433 e. The molecular formula is C17H9F3N6O2. The normalized spacial score (nSPS) is 11.7. The minimum atomic E-state index is -4.75. The first kappa shape index (κ1) is 17.5. The van der Waals surface area contributed by atoms with E-state index in [-0.39, 0.29) is 39.8 Å². The SMILES string of the molecule is Cc1nc2c(-c3ccccc3)c(C(F)(F)F)[nH]n2c(=O)c1-c1nnc(C#N)o1. The number of hydrogen-bond donors (Lipinski definition) is 1. The monoisotopic (exact) mass is 386 g/mol. The Hall–Kier alpha value is -3.94. The lowest BCUT2D eigenvalue weighted by Crippen LogP contribution is -2.20. The highest BCUT2D eigenvalue weighted by Crippen LogP contribution is 2.38. The summed E-state index contributed by atoms with van der Waals surface area (Å²) in [4.78, 5) is 17.1. The van der Waals surface area contributed by atoms with E-state index in [1.54, 1.807) is 24.3 Å². The summed E-state index contributed by atoms with van der Waals surface area (Å²) in [5.74, 6) is -0.684. The van der Waals surface area contributed by atoms with Gasteiger partial charge in [-0.1, -0.05) is 35.4 Å². The molecule has 28 heavy (non-hydrogen) atoms. The summed E-state index contributed by atoms with van der Waals surface area (Å²) in [5.41, 5.74) is -2.26. The van der Waals surface area contributed by atoms with E-state index in [0.29, 0.717) is 4.52 Å². The number of benzene rings is 1. The number of nitrogens with one attached hydrogen (secondary N) is 1. The highest BCUT2D eigenvalue weighted by molar-refractivity contribution is 5.81. The quantitative estimate of drug-likeness (QED) is 0.567. The number of nitrogens with zero attached hydrogens (tertiary/aromatic N) is 5. The lowest BCUT2D eigenvalue weighted by molar-refractivity contribution is -0.140. The highest BCUT2D eigenvalue weighted by atomic mass is 19.4. The molecule has 140 valence electrons. The summed E-state index contributed by atoms with van der Waals surface area (Å²) >= 11 is 0. The minimum Gasteiger partial charge on any atom is -0.408 e. The van der Waals surface area contributed by atoms with E-state index in [1.165, 1.54) is 19.1 Å². The lowest BCUT2D eigenvalue weighted by Gasteiger charge is -2.07. The van der Waals surface area contributed by atoms with Crippen molar-refractivity contribution < 1.29 is 17.6 Å². The van der Waals surface area contributed by atoms with Gasteiger partial charge in [0.15, 0.2) is 11.7 Å². The van der Waals surface area contributed by atoms with Crippen LogP contribution in [-0.2, 0) is 6.18 Å². The number of fused-ring (bicyclic) bond motifs is 1. The number of hydrogen-bond acceptors (Lipinski definition) is 6. The van der Waals surface area contributed by atoms with E-state index in [0.717, 1.165) is 0 Å². The molecule has 0 spiro atoms. The molecule has 0 aliphatic carbocycles. The third kappa shape index (κ3) is 2.62. The van der Waals surface area contributed by atoms with Crippen LogP contribution in [0.2, 0.25) is 0 Å². The molecule has 1 aromatic carbocycles. The maximum Gasteiger partial charge on any atom is 0.433 e. The summed E-state index contributed by atoms with van der Waals surface area (Å²) < 4.78 is 46.6. The molecule has 0 atom stereocenters. The summed E-state index contributed by atoms with van der Waals surface area (Å²) in [6.07, 6.45) is -4.75. The molecule has 0 radical (unpaired) electrons. The average molecular weight is 386 g/mol. The second-order valence-electron chi connectivity index (χ2n) is 5.79. The van der Waals surface area contributed by atoms with Gasteiger partial charge in [-0.3, -0.25) is 9.89 Å². The predicted octanol–water partition coefficient (Wildman–Crippen LogP) is 2.94. The standard InChI is InChI=1S/C17H9F3N6O2/c1-8-11(15-24-23-10(7-21)28-15)16(27)26-14(22-8)12(9-5-3-2-4-6-9)13(25-26)17(18,19)20/h2-6,25H,1H3. The molecule has 0 saturated heterocycles. The van der Waals surface area contributed by atoms with Crippen molar-refractivity contribution in [2.24, 2.45) is 0 Å². The minimum absolute atomic E-state index is 0.0862. The number of alkyl halides is 3. The van der Waals surface area contributed by atoms with E-state index in [1.807, 2.05) is 0 Å². The summed E-state index contributed by atoms with van der Waals surface area (Å²) in [5, 5.41) is 17.9. The molecule has 0 fully saturated rings. The molecule has 4 rings (SSSR count). The van der Waals surface area contributed by atoms with Crippen LogP contribution < -0.4 is 5.56 Å². The Kier molecular flexibility index (Phi) is 3.78. The van der Waals surface area contributed by atoms with Crippen LogP contribution >= 0.6 is 0 Å². The van der Waals surface area contributed by atoms with Crippen LogP contribution in [0.4, 0.5) is 13.2 Å². The van der Waals surface area contributed by atoms with Gasteiger partial charge in [0.05, 0.1) is 11.3 Å². The molecule has 4 aromatic rings. The Balaban J connectivity index is 2.08. The molecule has 0 bridgehead atoms. The van der Waals surface area contributed by atoms with Gasteiger partial charge in [0, 0.05) is 0 Å². The van der Waals surface area contributed by atoms with Crippen molar-refractivity contribution in [1.29, 1.82) is 5.26 Å². The second-order valence-corrected chi connectivity index (χ2v) is 5.79. The number of nitriles is 1. The van der Waals surface area contributed by atoms with Gasteiger partial charge >= 0.3 is 12.1 Å². The third-order valence-electron chi connectivity index (χ3n) is 4.04. The fourth-order valence-corrected chi connectivity index (χ4v) is 2.88. The van der Waals surface area contributed by atoms with E-state index in [4.69, 9.17) is 9.68 Å². The van der Waals surface area contributed by atoms with E-state index >= 15 is 0 Å². The van der Waals surface area contributed by atoms with Gasteiger partial charge < -0.3 is 4.42 Å². The van der Waals surface area contributed by atoms with E-state index in [2.05, 4.69) is 20.3 Å². The molecule has 1 N–H and O–H groups in total. The number of rotatable bonds is 2. The summed E-state index contributed by atoms with van der Waals surface area (Å²) in [6.45, 7) is 1.43. The molecule has 3 aromatic heterocycles. The van der Waals surface area contributed by atoms with Crippen LogP contribution in [0.1, 0.15) is 17.3 Å². The average Bonchev–Trinajstić information content (AvgIpc) is 3.27. The Bertz CT molecular complexity index is 1290. The first-order chi connectivity index (χ1) is 13.3. The van der Waals surface area contributed by atoms with Gasteiger partial charge in [-0.25, -0.2) is 4.98 Å². The Morgan fingerprint density at radius 1 is 1.18 bits per heavy atom. The first-order valence-corrected chi connectivity index (χ1v) is 7.83. The third-order valence-corrected chi connectivity index (χ3v) is 4.04. The fraction of sp³-hybridized carbons (Fsp3) is 0.118. The van der Waals surface area contributed by atoms with Gasteiger partial charge in [0.1, 0.15) is 11.3 Å². The number of halogens is 3. The number of H-pyrrole nitrogens is 1. The smallest absolute Gasteiger partial charge is 0.408 e. The highest BCUT2D eigenvalue weighted by Gasteiger charge is 2.38. The van der Waals surface area contributed by atoms with Crippen LogP contribution in [0.3, 0.4) is 0 Å². The van der Waals surface area contributed by atoms with Crippen LogP contribution in [0.5, 0.6) is 0 Å². The summed E-state index contributed by atoms with van der Waals surface area (Å²) in [7, 11) is 0. The zero-order valence-electron chi connectivity index (χ0n) is 14.1. The van der Waals surface area contributed by atoms with E-state index < -0.39 is 17.4 Å². The summed E-state index contributed by atoms with van der Waals surface area (Å²) in [6, 6.07) is 9.43. The Morgan fingerprint density at radius 3 is 2.50 bits per heavy atom. The molecule has 3 heterocycles. The molecule has 0 aliphatic rings. The fourth-order valence-electron chi connectivity index (χ4n) is 2.88. The Labute approximate surface area is 153 Å². The van der Waals surface area contributed by atoms with Crippen molar-refractivity contribution in [3.05, 3.63) is 58.0 Å². The van der Waals surface area contributed by atoms with Crippen molar-refractivity contribution >= 4 is 5.65 Å². The van der Waals surface area contributed by atoms with Gasteiger partial charge in [-0.05, 0) is 12.5 Å². The van der Waals surface area contributed by atoms with Crippen molar-refractivity contribution in [1.82, 2.24) is 24.8 Å². The zero-order valence-corrected chi connectivity index (χ0v) is 14.1. The molecular weight excluding hydrogens is 377 g/mol. The van der Waals surface area contributed by atoms with Gasteiger partial charge in [0.2, 0.25) is 0 Å². The second kappa shape index (κ2) is 6.05. The van der Waals surface area contributed by atoms with E-state index in [9.17, 15) is 18.0 Å².